The largest absolute Gasteiger partial charge is 0.378 e. The number of morpholine rings is 1. The molecule has 0 atom stereocenters. The van der Waals surface area contributed by atoms with Crippen LogP contribution in [0.5, 0.6) is 0 Å². The van der Waals surface area contributed by atoms with Crippen molar-refractivity contribution >= 4 is 28.0 Å². The van der Waals surface area contributed by atoms with Gasteiger partial charge in [-0.3, -0.25) is 9.61 Å². The molecule has 1 aromatic carbocycles. The third-order valence-electron chi connectivity index (χ3n) is 4.15. The van der Waals surface area contributed by atoms with Gasteiger partial charge in [-0.1, -0.05) is 29.8 Å². The number of aryl methyl sites for hydroxylation is 1. The van der Waals surface area contributed by atoms with E-state index in [2.05, 4.69) is 25.4 Å². The Labute approximate surface area is 170 Å². The molecule has 2 aromatic rings. The third kappa shape index (κ3) is 7.08. The van der Waals surface area contributed by atoms with Crippen LogP contribution in [0.15, 0.2) is 35.4 Å². The number of rotatable bonds is 8. The highest BCUT2D eigenvalue weighted by molar-refractivity contribution is 7.85. The van der Waals surface area contributed by atoms with Crippen molar-refractivity contribution in [2.75, 3.05) is 49.5 Å². The van der Waals surface area contributed by atoms with Crippen LogP contribution < -0.4 is 10.3 Å². The van der Waals surface area contributed by atoms with E-state index in [9.17, 15) is 8.42 Å². The van der Waals surface area contributed by atoms with Gasteiger partial charge >= 0.3 is 0 Å². The summed E-state index contributed by atoms with van der Waals surface area (Å²) in [5.41, 5.74) is 5.07. The Balaban J connectivity index is 1.75. The number of hydrogen-bond donors (Lipinski definition) is 1. The Kier molecular flexibility index (Phi) is 7.13. The van der Waals surface area contributed by atoms with Crippen molar-refractivity contribution in [1.29, 1.82) is 0 Å². The first-order valence-corrected chi connectivity index (χ1v) is 11.1. The molecule has 9 nitrogen and oxygen atoms in total. The highest BCUT2D eigenvalue weighted by Gasteiger charge is 2.15. The molecule has 1 fully saturated rings. The summed E-state index contributed by atoms with van der Waals surface area (Å²) in [6.07, 6.45) is 3.00. The van der Waals surface area contributed by atoms with Crippen molar-refractivity contribution in [3.05, 3.63) is 47.3 Å². The number of anilines is 2. The Morgan fingerprint density at radius 2 is 2.07 bits per heavy atom. The first kappa shape index (κ1) is 21.2. The lowest BCUT2D eigenvalue weighted by molar-refractivity contribution is 0.122. The van der Waals surface area contributed by atoms with E-state index in [0.717, 1.165) is 36.3 Å². The molecule has 0 aliphatic carbocycles. The van der Waals surface area contributed by atoms with Crippen LogP contribution in [0.4, 0.5) is 11.6 Å². The summed E-state index contributed by atoms with van der Waals surface area (Å²) < 4.78 is 32.6. The van der Waals surface area contributed by atoms with Gasteiger partial charge in [0.15, 0.2) is 5.82 Å². The fraction of sp³-hybridized carbons (Fsp3) is 0.421. The molecular formula is C19H25N5O4S. The topological polar surface area (TPSA) is 106 Å². The summed E-state index contributed by atoms with van der Waals surface area (Å²) in [5.74, 6) is 1.75. The zero-order chi connectivity index (χ0) is 20.7. The number of nitrogens with one attached hydrogen (secondary N) is 1. The summed E-state index contributed by atoms with van der Waals surface area (Å²) in [6.45, 7) is 4.71. The van der Waals surface area contributed by atoms with Crippen molar-refractivity contribution in [3.8, 4) is 0 Å². The zero-order valence-electron chi connectivity index (χ0n) is 16.5. The van der Waals surface area contributed by atoms with Crippen LogP contribution in [0.25, 0.3) is 0 Å². The number of ether oxygens (including phenoxy) is 1. The van der Waals surface area contributed by atoms with E-state index in [1.807, 2.05) is 37.3 Å². The molecule has 0 saturated carbocycles. The summed E-state index contributed by atoms with van der Waals surface area (Å²) in [6, 6.07) is 9.80. The van der Waals surface area contributed by atoms with Crippen LogP contribution in [0.2, 0.25) is 0 Å². The molecule has 29 heavy (non-hydrogen) atoms. The van der Waals surface area contributed by atoms with E-state index in [1.54, 1.807) is 6.21 Å². The van der Waals surface area contributed by atoms with Gasteiger partial charge in [0.2, 0.25) is 0 Å². The predicted octanol–water partition coefficient (Wildman–Crippen LogP) is 1.59. The summed E-state index contributed by atoms with van der Waals surface area (Å²) in [4.78, 5) is 11.1. The number of aromatic nitrogens is 2. The lowest BCUT2D eigenvalue weighted by atomic mass is 10.2. The van der Waals surface area contributed by atoms with Gasteiger partial charge in [-0.05, 0) is 12.5 Å². The van der Waals surface area contributed by atoms with Gasteiger partial charge in [0.05, 0.1) is 32.3 Å². The second-order valence-corrected chi connectivity index (χ2v) is 8.33. The van der Waals surface area contributed by atoms with Gasteiger partial charge in [0.1, 0.15) is 11.6 Å². The molecule has 1 aromatic heterocycles. The minimum atomic E-state index is -3.51. The molecule has 10 heteroatoms. The molecule has 2 heterocycles. The van der Waals surface area contributed by atoms with Gasteiger partial charge < -0.3 is 9.64 Å². The summed E-state index contributed by atoms with van der Waals surface area (Å²) in [5, 5.41) is 4.26. The summed E-state index contributed by atoms with van der Waals surface area (Å²) in [7, 11) is -3.51. The number of nitrogens with zero attached hydrogens (tertiary/aromatic N) is 4. The average Bonchev–Trinajstić information content (AvgIpc) is 2.68. The molecular weight excluding hydrogens is 394 g/mol. The van der Waals surface area contributed by atoms with E-state index in [1.165, 1.54) is 0 Å². The minimum absolute atomic E-state index is 0.0165. The molecule has 0 radical (unpaired) electrons. The second kappa shape index (κ2) is 9.77. The lowest BCUT2D eigenvalue weighted by Gasteiger charge is -2.28. The zero-order valence-corrected chi connectivity index (χ0v) is 17.4. The summed E-state index contributed by atoms with van der Waals surface area (Å²) >= 11 is 0. The normalized spacial score (nSPS) is 15.0. The van der Waals surface area contributed by atoms with Gasteiger partial charge in [-0.25, -0.2) is 9.97 Å². The molecule has 0 bridgehead atoms. The quantitative estimate of drug-likeness (QED) is 0.391. The van der Waals surface area contributed by atoms with Crippen LogP contribution >= 0.6 is 0 Å². The van der Waals surface area contributed by atoms with Crippen LogP contribution in [-0.2, 0) is 25.5 Å². The molecule has 1 N–H and O–H groups in total. The Bertz CT molecular complexity index is 959. The maximum absolute atomic E-state index is 11.2. The van der Waals surface area contributed by atoms with Crippen molar-refractivity contribution < 1.29 is 17.3 Å². The van der Waals surface area contributed by atoms with Gasteiger partial charge in [0.25, 0.3) is 10.1 Å². The number of benzene rings is 1. The number of hydrazone groups is 1. The fourth-order valence-corrected chi connectivity index (χ4v) is 3.20. The van der Waals surface area contributed by atoms with Crippen LogP contribution in [0.1, 0.15) is 17.0 Å². The van der Waals surface area contributed by atoms with Crippen LogP contribution in [0.3, 0.4) is 0 Å². The van der Waals surface area contributed by atoms with Crippen molar-refractivity contribution in [1.82, 2.24) is 9.97 Å². The maximum Gasteiger partial charge on any atom is 0.264 e. The van der Waals surface area contributed by atoms with Crippen molar-refractivity contribution in [3.63, 3.8) is 0 Å². The molecule has 3 rings (SSSR count). The monoisotopic (exact) mass is 419 g/mol. The second-order valence-electron chi connectivity index (χ2n) is 6.69. The molecule has 0 unspecified atom stereocenters. The highest BCUT2D eigenvalue weighted by atomic mass is 32.2. The van der Waals surface area contributed by atoms with Crippen molar-refractivity contribution in [2.45, 2.75) is 13.3 Å². The van der Waals surface area contributed by atoms with E-state index < -0.39 is 10.1 Å². The van der Waals surface area contributed by atoms with Gasteiger partial charge in [-0.2, -0.15) is 13.5 Å². The van der Waals surface area contributed by atoms with E-state index >= 15 is 0 Å². The SMILES string of the molecule is Cc1cccc(C=NNc2cc(N3CCOCC3)nc(CCOS(C)(=O)=O)n2)c1. The third-order valence-corrected chi connectivity index (χ3v) is 4.75. The van der Waals surface area contributed by atoms with E-state index in [0.29, 0.717) is 24.9 Å². The van der Waals surface area contributed by atoms with Gasteiger partial charge in [0, 0.05) is 25.6 Å². The highest BCUT2D eigenvalue weighted by Crippen LogP contribution is 2.18. The molecule has 1 saturated heterocycles. The molecule has 156 valence electrons. The standard InChI is InChI=1S/C19H25N5O4S/c1-15-4-3-5-16(12-15)14-20-23-18-13-19(24-7-10-27-11-8-24)22-17(21-18)6-9-28-29(2,25)26/h3-5,12-14H,6-11H2,1-2H3,(H,21,22,23). The van der Waals surface area contributed by atoms with E-state index in [-0.39, 0.29) is 13.0 Å². The maximum atomic E-state index is 11.2. The Hall–Kier alpha value is -2.56. The van der Waals surface area contributed by atoms with Gasteiger partial charge in [-0.15, -0.1) is 0 Å². The average molecular weight is 420 g/mol. The van der Waals surface area contributed by atoms with E-state index in [4.69, 9.17) is 8.92 Å². The van der Waals surface area contributed by atoms with Crippen molar-refractivity contribution in [2.24, 2.45) is 5.10 Å². The fourth-order valence-electron chi connectivity index (χ4n) is 2.81. The Morgan fingerprint density at radius 3 is 2.79 bits per heavy atom. The smallest absolute Gasteiger partial charge is 0.264 e. The first-order chi connectivity index (χ1) is 13.9. The minimum Gasteiger partial charge on any atom is -0.378 e. The lowest BCUT2D eigenvalue weighted by Crippen LogP contribution is -2.37. The molecule has 0 spiro atoms. The number of hydrogen-bond acceptors (Lipinski definition) is 9. The molecule has 1 aliphatic rings. The molecule has 1 aliphatic heterocycles. The molecule has 0 amide bonds. The van der Waals surface area contributed by atoms with Crippen LogP contribution in [-0.4, -0.2) is 63.8 Å². The van der Waals surface area contributed by atoms with Crippen LogP contribution in [0, 0.1) is 6.92 Å². The Morgan fingerprint density at radius 1 is 1.28 bits per heavy atom. The first-order valence-electron chi connectivity index (χ1n) is 9.30. The predicted molar refractivity (Wildman–Crippen MR) is 112 cm³/mol.